The molecule has 0 bridgehead atoms. The second kappa shape index (κ2) is 5.98. The third kappa shape index (κ3) is 3.41. The summed E-state index contributed by atoms with van der Waals surface area (Å²) in [6.45, 7) is 2.06. The Morgan fingerprint density at radius 2 is 2.12 bits per heavy atom. The van der Waals surface area contributed by atoms with Gasteiger partial charge in [-0.25, -0.2) is 0 Å². The molecule has 2 heteroatoms. The number of hydrogen-bond acceptors (Lipinski definition) is 1. The molecule has 1 aromatic carbocycles. The fourth-order valence-corrected chi connectivity index (χ4v) is 2.23. The molecule has 0 amide bonds. The van der Waals surface area contributed by atoms with Crippen LogP contribution in [0, 0.1) is 18.8 Å². The minimum atomic E-state index is 0.358. The van der Waals surface area contributed by atoms with Crippen LogP contribution in [0.25, 0.3) is 0 Å². The van der Waals surface area contributed by atoms with Crippen molar-refractivity contribution in [2.45, 2.75) is 38.7 Å². The highest BCUT2D eigenvalue weighted by molar-refractivity contribution is 6.19. The van der Waals surface area contributed by atoms with Gasteiger partial charge in [0.1, 0.15) is 5.75 Å². The van der Waals surface area contributed by atoms with E-state index in [4.69, 9.17) is 16.3 Å². The Hall–Kier alpha value is -1.13. The van der Waals surface area contributed by atoms with Crippen molar-refractivity contribution in [3.05, 3.63) is 29.3 Å². The van der Waals surface area contributed by atoms with Crippen LogP contribution in [-0.2, 0) is 0 Å². The summed E-state index contributed by atoms with van der Waals surface area (Å²) in [5.74, 6) is 7.22. The van der Waals surface area contributed by atoms with Gasteiger partial charge in [0.15, 0.2) is 0 Å². The summed E-state index contributed by atoms with van der Waals surface area (Å²) in [5, 5.41) is 0. The third-order valence-corrected chi connectivity index (χ3v) is 3.15. The Bertz CT molecular complexity index is 436. The molecule has 1 aliphatic rings. The molecule has 1 saturated carbocycles. The zero-order valence-electron chi connectivity index (χ0n) is 10.1. The van der Waals surface area contributed by atoms with Gasteiger partial charge >= 0.3 is 0 Å². The lowest BCUT2D eigenvalue weighted by molar-refractivity contribution is 0.209. The van der Waals surface area contributed by atoms with E-state index in [-0.39, 0.29) is 0 Å². The second-order valence-electron chi connectivity index (χ2n) is 4.46. The van der Waals surface area contributed by atoms with Crippen molar-refractivity contribution in [1.82, 2.24) is 0 Å². The maximum absolute atomic E-state index is 6.01. The topological polar surface area (TPSA) is 9.23 Å². The van der Waals surface area contributed by atoms with Crippen LogP contribution in [0.5, 0.6) is 5.75 Å². The smallest absolute Gasteiger partial charge is 0.135 e. The van der Waals surface area contributed by atoms with Crippen molar-refractivity contribution in [3.8, 4) is 17.6 Å². The lowest BCUT2D eigenvalue weighted by Gasteiger charge is -2.14. The molecule has 1 aliphatic carbocycles. The number of ether oxygens (including phenoxy) is 1. The lowest BCUT2D eigenvalue weighted by atomic mass is 10.1. The Labute approximate surface area is 108 Å². The molecular formula is C15H17ClO. The highest BCUT2D eigenvalue weighted by Gasteiger charge is 2.17. The van der Waals surface area contributed by atoms with E-state index < -0.39 is 0 Å². The van der Waals surface area contributed by atoms with Gasteiger partial charge in [-0.2, -0.15) is 0 Å². The van der Waals surface area contributed by atoms with Gasteiger partial charge < -0.3 is 4.74 Å². The van der Waals surface area contributed by atoms with Crippen molar-refractivity contribution >= 4 is 11.6 Å². The molecule has 0 radical (unpaired) electrons. The number of hydrogen-bond donors (Lipinski definition) is 0. The number of benzene rings is 1. The van der Waals surface area contributed by atoms with Crippen molar-refractivity contribution in [3.63, 3.8) is 0 Å². The highest BCUT2D eigenvalue weighted by Crippen LogP contribution is 2.26. The van der Waals surface area contributed by atoms with Gasteiger partial charge in [0.25, 0.3) is 0 Å². The largest absolute Gasteiger partial charge is 0.489 e. The number of rotatable bonds is 2. The molecule has 0 aliphatic heterocycles. The predicted octanol–water partition coefficient (Wildman–Crippen LogP) is 3.91. The number of alkyl halides is 1. The first-order chi connectivity index (χ1) is 8.29. The molecular weight excluding hydrogens is 232 g/mol. The Balaban J connectivity index is 2.19. The standard InChI is InChI=1S/C15H17ClO/c1-12-8-9-15(13(11-12)5-4-10-16)17-14-6-2-3-7-14/h8-9,11,14H,2-3,6-7,10H2,1H3. The van der Waals surface area contributed by atoms with Crippen LogP contribution < -0.4 is 4.74 Å². The summed E-state index contributed by atoms with van der Waals surface area (Å²) >= 11 is 5.60. The number of halogens is 1. The van der Waals surface area contributed by atoms with E-state index in [1.165, 1.54) is 18.4 Å². The molecule has 0 aromatic heterocycles. The van der Waals surface area contributed by atoms with Gasteiger partial charge in [0.05, 0.1) is 17.5 Å². The van der Waals surface area contributed by atoms with Crippen LogP contribution >= 0.6 is 11.6 Å². The minimum absolute atomic E-state index is 0.358. The van der Waals surface area contributed by atoms with Crippen LogP contribution in [0.4, 0.5) is 0 Å². The SMILES string of the molecule is Cc1ccc(OC2CCCC2)c(C#CCCl)c1. The van der Waals surface area contributed by atoms with Crippen LogP contribution in [0.1, 0.15) is 36.8 Å². The number of aryl methyl sites for hydroxylation is 1. The van der Waals surface area contributed by atoms with Crippen molar-refractivity contribution in [2.24, 2.45) is 0 Å². The van der Waals surface area contributed by atoms with E-state index in [0.29, 0.717) is 12.0 Å². The van der Waals surface area contributed by atoms with E-state index in [2.05, 4.69) is 30.9 Å². The van der Waals surface area contributed by atoms with Gasteiger partial charge in [-0.15, -0.1) is 11.6 Å². The summed E-state index contributed by atoms with van der Waals surface area (Å²) in [6.07, 6.45) is 5.25. The van der Waals surface area contributed by atoms with Crippen molar-refractivity contribution in [1.29, 1.82) is 0 Å². The second-order valence-corrected chi connectivity index (χ2v) is 4.73. The molecule has 0 spiro atoms. The van der Waals surface area contributed by atoms with Crippen molar-refractivity contribution < 1.29 is 4.74 Å². The van der Waals surface area contributed by atoms with Crippen LogP contribution in [-0.4, -0.2) is 12.0 Å². The molecule has 0 saturated heterocycles. The molecule has 0 unspecified atom stereocenters. The first-order valence-corrected chi connectivity index (χ1v) is 6.65. The summed E-state index contributed by atoms with van der Waals surface area (Å²) in [6, 6.07) is 6.14. The quantitative estimate of drug-likeness (QED) is 0.570. The fourth-order valence-electron chi connectivity index (χ4n) is 2.16. The van der Waals surface area contributed by atoms with Gasteiger partial charge in [0.2, 0.25) is 0 Å². The molecule has 1 nitrogen and oxygen atoms in total. The summed E-state index contributed by atoms with van der Waals surface area (Å²) in [7, 11) is 0. The highest BCUT2D eigenvalue weighted by atomic mass is 35.5. The Kier molecular flexibility index (Phi) is 4.34. The van der Waals surface area contributed by atoms with Gasteiger partial charge in [-0.3, -0.25) is 0 Å². The first kappa shape index (κ1) is 12.3. The molecule has 17 heavy (non-hydrogen) atoms. The summed E-state index contributed by atoms with van der Waals surface area (Å²) < 4.78 is 6.01. The van der Waals surface area contributed by atoms with E-state index in [1.807, 2.05) is 6.07 Å². The molecule has 2 rings (SSSR count). The van der Waals surface area contributed by atoms with E-state index in [1.54, 1.807) is 0 Å². The minimum Gasteiger partial charge on any atom is -0.489 e. The molecule has 0 atom stereocenters. The molecule has 1 fully saturated rings. The molecule has 0 heterocycles. The third-order valence-electron chi connectivity index (χ3n) is 3.02. The van der Waals surface area contributed by atoms with E-state index in [0.717, 1.165) is 24.2 Å². The summed E-state index contributed by atoms with van der Waals surface area (Å²) in [5.41, 5.74) is 2.15. The fraction of sp³-hybridized carbons (Fsp3) is 0.467. The normalized spacial score (nSPS) is 15.4. The van der Waals surface area contributed by atoms with Gasteiger partial charge in [-0.1, -0.05) is 17.9 Å². The van der Waals surface area contributed by atoms with Crippen LogP contribution in [0.3, 0.4) is 0 Å². The van der Waals surface area contributed by atoms with E-state index in [9.17, 15) is 0 Å². The average Bonchev–Trinajstić information content (AvgIpc) is 2.82. The van der Waals surface area contributed by atoms with Crippen LogP contribution in [0.2, 0.25) is 0 Å². The Morgan fingerprint density at radius 3 is 2.82 bits per heavy atom. The Morgan fingerprint density at radius 1 is 1.35 bits per heavy atom. The van der Waals surface area contributed by atoms with Gasteiger partial charge in [-0.05, 0) is 50.3 Å². The van der Waals surface area contributed by atoms with Gasteiger partial charge in [0, 0.05) is 0 Å². The molecule has 0 N–H and O–H groups in total. The monoisotopic (exact) mass is 248 g/mol. The molecule has 1 aromatic rings. The lowest BCUT2D eigenvalue weighted by Crippen LogP contribution is -2.11. The average molecular weight is 249 g/mol. The van der Waals surface area contributed by atoms with Crippen molar-refractivity contribution in [2.75, 3.05) is 5.88 Å². The summed E-state index contributed by atoms with van der Waals surface area (Å²) in [4.78, 5) is 0. The molecule has 90 valence electrons. The zero-order valence-corrected chi connectivity index (χ0v) is 10.9. The van der Waals surface area contributed by atoms with Crippen LogP contribution in [0.15, 0.2) is 18.2 Å². The first-order valence-electron chi connectivity index (χ1n) is 6.12. The zero-order chi connectivity index (χ0) is 12.1. The maximum atomic E-state index is 6.01. The maximum Gasteiger partial charge on any atom is 0.135 e. The van der Waals surface area contributed by atoms with E-state index >= 15 is 0 Å². The predicted molar refractivity (Wildman–Crippen MR) is 71.7 cm³/mol.